The van der Waals surface area contributed by atoms with E-state index in [0.717, 1.165) is 10.1 Å². The van der Waals surface area contributed by atoms with Crippen LogP contribution in [0, 0.1) is 0 Å². The molecule has 2 aromatic heterocycles. The van der Waals surface area contributed by atoms with Crippen molar-refractivity contribution in [3.8, 4) is 11.3 Å². The van der Waals surface area contributed by atoms with Gasteiger partial charge in [0.25, 0.3) is 5.56 Å². The van der Waals surface area contributed by atoms with Crippen LogP contribution in [0.1, 0.15) is 20.8 Å². The van der Waals surface area contributed by atoms with Crippen molar-refractivity contribution in [2.45, 2.75) is 32.9 Å². The second-order valence-corrected chi connectivity index (χ2v) is 7.93. The highest BCUT2D eigenvalue weighted by Crippen LogP contribution is 2.27. The topological polar surface area (TPSA) is 87.3 Å². The van der Waals surface area contributed by atoms with Crippen molar-refractivity contribution >= 4 is 17.0 Å². The molecule has 0 aliphatic rings. The van der Waals surface area contributed by atoms with Gasteiger partial charge in [0.1, 0.15) is 5.60 Å². The van der Waals surface area contributed by atoms with Crippen molar-refractivity contribution in [1.82, 2.24) is 19.0 Å². The minimum Gasteiger partial charge on any atom is -0.444 e. The summed E-state index contributed by atoms with van der Waals surface area (Å²) in [7, 11) is 3.11. The number of rotatable bonds is 4. The van der Waals surface area contributed by atoms with Gasteiger partial charge in [0.05, 0.1) is 16.6 Å². The van der Waals surface area contributed by atoms with Crippen molar-refractivity contribution in [2.75, 3.05) is 6.54 Å². The fraction of sp³-hybridized carbons (Fsp3) is 0.381. The molecule has 0 aliphatic carbocycles. The third kappa shape index (κ3) is 4.11. The van der Waals surface area contributed by atoms with Gasteiger partial charge in [0, 0.05) is 33.4 Å². The van der Waals surface area contributed by atoms with Crippen LogP contribution in [0.15, 0.2) is 46.1 Å². The number of nitrogens with one attached hydrogen (secondary N) is 1. The predicted molar refractivity (Wildman–Crippen MR) is 112 cm³/mol. The van der Waals surface area contributed by atoms with Gasteiger partial charge in [-0.25, -0.2) is 9.59 Å². The smallest absolute Gasteiger partial charge is 0.407 e. The molecule has 29 heavy (non-hydrogen) atoms. The summed E-state index contributed by atoms with van der Waals surface area (Å²) in [4.78, 5) is 37.2. The lowest BCUT2D eigenvalue weighted by Gasteiger charge is -2.20. The lowest BCUT2D eigenvalue weighted by molar-refractivity contribution is 0.0526. The van der Waals surface area contributed by atoms with E-state index in [-0.39, 0.29) is 11.2 Å². The number of hydrogen-bond donors (Lipinski definition) is 1. The van der Waals surface area contributed by atoms with E-state index in [2.05, 4.69) is 5.32 Å². The third-order valence-electron chi connectivity index (χ3n) is 4.58. The van der Waals surface area contributed by atoms with Gasteiger partial charge >= 0.3 is 11.8 Å². The molecule has 1 N–H and O–H groups in total. The zero-order chi connectivity index (χ0) is 21.3. The Kier molecular flexibility index (Phi) is 5.37. The normalized spacial score (nSPS) is 11.6. The number of fused-ring (bicyclic) bond motifs is 1. The Hall–Kier alpha value is -3.29. The van der Waals surface area contributed by atoms with Crippen molar-refractivity contribution in [3.05, 3.63) is 57.4 Å². The van der Waals surface area contributed by atoms with E-state index in [9.17, 15) is 14.4 Å². The van der Waals surface area contributed by atoms with Crippen molar-refractivity contribution in [1.29, 1.82) is 0 Å². The molecular weight excluding hydrogens is 372 g/mol. The highest BCUT2D eigenvalue weighted by molar-refractivity contribution is 5.93. The van der Waals surface area contributed by atoms with Crippen LogP contribution >= 0.6 is 0 Å². The van der Waals surface area contributed by atoms with Crippen molar-refractivity contribution in [3.63, 3.8) is 0 Å². The summed E-state index contributed by atoms with van der Waals surface area (Å²) in [5.74, 6) is 0. The molecule has 2 heterocycles. The number of carbonyl (C=O) groups is 1. The van der Waals surface area contributed by atoms with E-state index < -0.39 is 11.7 Å². The van der Waals surface area contributed by atoms with Crippen LogP contribution in [0.4, 0.5) is 4.79 Å². The SMILES string of the molecule is Cn1c(=O)c2c(-c3ccccc3)n(CCNC(=O)OC(C)(C)C)cc2n(C)c1=O. The van der Waals surface area contributed by atoms with Crippen molar-refractivity contribution in [2.24, 2.45) is 14.1 Å². The monoisotopic (exact) mass is 398 g/mol. The number of benzene rings is 1. The first-order valence-electron chi connectivity index (χ1n) is 9.41. The average molecular weight is 398 g/mol. The zero-order valence-electron chi connectivity index (χ0n) is 17.4. The summed E-state index contributed by atoms with van der Waals surface area (Å²) >= 11 is 0. The lowest BCUT2D eigenvalue weighted by atomic mass is 10.1. The quantitative estimate of drug-likeness (QED) is 0.730. The van der Waals surface area contributed by atoms with Gasteiger partial charge in [-0.05, 0) is 26.3 Å². The second kappa shape index (κ2) is 7.62. The molecule has 154 valence electrons. The van der Waals surface area contributed by atoms with Gasteiger partial charge < -0.3 is 14.6 Å². The third-order valence-corrected chi connectivity index (χ3v) is 4.58. The predicted octanol–water partition coefficient (Wildman–Crippen LogP) is 2.23. The summed E-state index contributed by atoms with van der Waals surface area (Å²) < 4.78 is 9.72. The molecule has 0 radical (unpaired) electrons. The molecule has 0 fully saturated rings. The highest BCUT2D eigenvalue weighted by atomic mass is 16.6. The fourth-order valence-corrected chi connectivity index (χ4v) is 3.26. The van der Waals surface area contributed by atoms with Gasteiger partial charge in [-0.2, -0.15) is 0 Å². The summed E-state index contributed by atoms with van der Waals surface area (Å²) in [5, 5.41) is 3.20. The van der Waals surface area contributed by atoms with Crippen LogP contribution in [0.3, 0.4) is 0 Å². The molecule has 0 spiro atoms. The largest absolute Gasteiger partial charge is 0.444 e. The Balaban J connectivity index is 2.04. The van der Waals surface area contributed by atoms with Gasteiger partial charge in [0.2, 0.25) is 0 Å². The number of ether oxygens (including phenoxy) is 1. The molecule has 0 aliphatic heterocycles. The van der Waals surface area contributed by atoms with E-state index in [1.807, 2.05) is 34.9 Å². The van der Waals surface area contributed by atoms with E-state index in [1.165, 1.54) is 11.6 Å². The first-order chi connectivity index (χ1) is 13.6. The Labute approximate surface area is 168 Å². The number of hydrogen-bond acceptors (Lipinski definition) is 4. The van der Waals surface area contributed by atoms with Crippen LogP contribution in [0.5, 0.6) is 0 Å². The first kappa shape index (κ1) is 20.4. The molecule has 8 heteroatoms. The van der Waals surface area contributed by atoms with E-state index >= 15 is 0 Å². The number of nitrogens with zero attached hydrogens (tertiary/aromatic N) is 3. The maximum atomic E-state index is 12.9. The lowest BCUT2D eigenvalue weighted by Crippen LogP contribution is -2.36. The van der Waals surface area contributed by atoms with Gasteiger partial charge in [0.15, 0.2) is 0 Å². The Morgan fingerprint density at radius 2 is 1.72 bits per heavy atom. The van der Waals surface area contributed by atoms with Crippen LogP contribution in [0.25, 0.3) is 22.2 Å². The molecule has 8 nitrogen and oxygen atoms in total. The molecule has 3 aromatic rings. The number of amides is 1. The Morgan fingerprint density at radius 3 is 2.34 bits per heavy atom. The minimum atomic E-state index is -0.577. The molecule has 0 unspecified atom stereocenters. The zero-order valence-corrected chi connectivity index (χ0v) is 17.4. The van der Waals surface area contributed by atoms with Crippen LogP contribution < -0.4 is 16.6 Å². The van der Waals surface area contributed by atoms with Crippen molar-refractivity contribution < 1.29 is 9.53 Å². The summed E-state index contributed by atoms with van der Waals surface area (Å²) in [6.45, 7) is 6.12. The molecule has 0 atom stereocenters. The standard InChI is InChI=1S/C21H26N4O4/c1-21(2,3)29-19(27)22-11-12-25-13-15-16(17(25)14-9-7-6-8-10-14)18(26)24(5)20(28)23(15)4/h6-10,13H,11-12H2,1-5H3,(H,22,27). The number of alkyl carbamates (subject to hydrolysis) is 1. The molecule has 3 rings (SSSR count). The number of aryl methyl sites for hydroxylation is 1. The van der Waals surface area contributed by atoms with Crippen LogP contribution in [-0.2, 0) is 25.4 Å². The molecule has 0 saturated heterocycles. The number of carbonyl (C=O) groups excluding carboxylic acids is 1. The summed E-state index contributed by atoms with van der Waals surface area (Å²) in [6, 6.07) is 9.51. The molecular formula is C21H26N4O4. The molecule has 0 bridgehead atoms. The Bertz CT molecular complexity index is 1160. The van der Waals surface area contributed by atoms with E-state index in [1.54, 1.807) is 34.0 Å². The van der Waals surface area contributed by atoms with Gasteiger partial charge in [-0.15, -0.1) is 0 Å². The van der Waals surface area contributed by atoms with Gasteiger partial charge in [-0.1, -0.05) is 30.3 Å². The van der Waals surface area contributed by atoms with Crippen LogP contribution in [-0.4, -0.2) is 31.9 Å². The Morgan fingerprint density at radius 1 is 1.07 bits per heavy atom. The molecule has 0 saturated carbocycles. The molecule has 1 amide bonds. The summed E-state index contributed by atoms with van der Waals surface area (Å²) in [6.07, 6.45) is 1.27. The maximum Gasteiger partial charge on any atom is 0.407 e. The van der Waals surface area contributed by atoms with Crippen LogP contribution in [0.2, 0.25) is 0 Å². The average Bonchev–Trinajstić information content (AvgIpc) is 3.03. The molecule has 1 aromatic carbocycles. The maximum absolute atomic E-state index is 12.9. The number of aromatic nitrogens is 3. The van der Waals surface area contributed by atoms with E-state index in [4.69, 9.17) is 4.74 Å². The highest BCUT2D eigenvalue weighted by Gasteiger charge is 2.20. The van der Waals surface area contributed by atoms with Gasteiger partial charge in [-0.3, -0.25) is 13.9 Å². The second-order valence-electron chi connectivity index (χ2n) is 7.93. The fourth-order valence-electron chi connectivity index (χ4n) is 3.26. The first-order valence-corrected chi connectivity index (χ1v) is 9.41. The van der Waals surface area contributed by atoms with E-state index in [0.29, 0.717) is 29.7 Å². The minimum absolute atomic E-state index is 0.310. The summed E-state index contributed by atoms with van der Waals surface area (Å²) in [5.41, 5.74) is 0.811.